The maximum atomic E-state index is 13.5. The number of methoxy groups -OCH3 is 3. The summed E-state index contributed by atoms with van der Waals surface area (Å²) in [5.74, 6) is 1.56. The van der Waals surface area contributed by atoms with Crippen LogP contribution in [0.4, 0.5) is 5.69 Å². The van der Waals surface area contributed by atoms with Crippen LogP contribution in [0, 0.1) is 0 Å². The van der Waals surface area contributed by atoms with E-state index in [2.05, 4.69) is 11.9 Å². The first kappa shape index (κ1) is 24.4. The number of ketones is 1. The lowest BCUT2D eigenvalue weighted by molar-refractivity contribution is 0.104. The zero-order valence-electron chi connectivity index (χ0n) is 20.5. The lowest BCUT2D eigenvalue weighted by Crippen LogP contribution is -2.28. The summed E-state index contributed by atoms with van der Waals surface area (Å²) in [6, 6.07) is 10.6. The Morgan fingerprint density at radius 1 is 1.08 bits per heavy atom. The lowest BCUT2D eigenvalue weighted by Gasteiger charge is -2.27. The molecule has 5 rings (SSSR count). The number of nitrogen functional groups attached to an aromatic ring is 1. The van der Waals surface area contributed by atoms with Gasteiger partial charge >= 0.3 is 0 Å². The smallest absolute Gasteiger partial charge is 0.205 e. The third-order valence-electron chi connectivity index (χ3n) is 6.49. The average molecular weight is 524 g/mol. The average Bonchev–Trinajstić information content (AvgIpc) is 3.21. The van der Waals surface area contributed by atoms with E-state index in [9.17, 15) is 4.79 Å². The number of hydrogen-bond donors (Lipinski definition) is 1. The number of ether oxygens (including phenoxy) is 3. The quantitative estimate of drug-likeness (QED) is 0.336. The zero-order valence-corrected chi connectivity index (χ0v) is 22.0. The number of rotatable bonds is 6. The Labute approximate surface area is 218 Å². The Bertz CT molecular complexity index is 1500. The molecule has 2 aromatic heterocycles. The lowest BCUT2D eigenvalue weighted by atomic mass is 9.91. The highest BCUT2D eigenvalue weighted by atomic mass is 35.5. The molecule has 0 saturated carbocycles. The van der Waals surface area contributed by atoms with E-state index in [1.54, 1.807) is 51.7 Å². The first-order valence-corrected chi connectivity index (χ1v) is 12.6. The third kappa shape index (κ3) is 4.05. The van der Waals surface area contributed by atoms with Gasteiger partial charge in [0.2, 0.25) is 5.78 Å². The number of hydrogen-bond acceptors (Lipinski definition) is 8. The highest BCUT2D eigenvalue weighted by Crippen LogP contribution is 2.48. The van der Waals surface area contributed by atoms with Crippen LogP contribution >= 0.6 is 22.9 Å². The number of fused-ring (bicyclic) bond motifs is 2. The minimum atomic E-state index is -0.182. The van der Waals surface area contributed by atoms with Gasteiger partial charge < -0.3 is 24.8 Å². The zero-order chi connectivity index (χ0) is 25.6. The van der Waals surface area contributed by atoms with E-state index >= 15 is 0 Å². The second-order valence-electron chi connectivity index (χ2n) is 8.67. The van der Waals surface area contributed by atoms with Gasteiger partial charge in [0.15, 0.2) is 11.5 Å². The van der Waals surface area contributed by atoms with Crippen LogP contribution in [0.15, 0.2) is 36.4 Å². The summed E-state index contributed by atoms with van der Waals surface area (Å²) in [6.07, 6.45) is 0.791. The number of anilines is 1. The molecular formula is C27H26ClN3O4S. The van der Waals surface area contributed by atoms with Gasteiger partial charge in [0.1, 0.15) is 15.5 Å². The number of carbonyl (C=O) groups excluding carboxylic acids is 1. The van der Waals surface area contributed by atoms with Crippen molar-refractivity contribution in [2.75, 3.05) is 40.7 Å². The Kier molecular flexibility index (Phi) is 6.51. The molecule has 7 nitrogen and oxygen atoms in total. The minimum absolute atomic E-state index is 0.182. The molecular weight excluding hydrogens is 498 g/mol. The summed E-state index contributed by atoms with van der Waals surface area (Å²) in [5.41, 5.74) is 11.4. The maximum Gasteiger partial charge on any atom is 0.205 e. The molecule has 36 heavy (non-hydrogen) atoms. The number of nitrogens with zero attached hydrogens (tertiary/aromatic N) is 2. The predicted molar refractivity (Wildman–Crippen MR) is 144 cm³/mol. The van der Waals surface area contributed by atoms with Crippen molar-refractivity contribution in [3.05, 3.63) is 63.1 Å². The molecule has 2 N–H and O–H groups in total. The van der Waals surface area contributed by atoms with Crippen LogP contribution in [-0.2, 0) is 13.0 Å². The van der Waals surface area contributed by atoms with Crippen LogP contribution in [0.1, 0.15) is 26.5 Å². The molecule has 1 aliphatic rings. The fourth-order valence-corrected chi connectivity index (χ4v) is 5.99. The number of carbonyl (C=O) groups is 1. The minimum Gasteiger partial charge on any atom is -0.496 e. The molecule has 2 aromatic carbocycles. The number of halogens is 1. The number of benzene rings is 2. The van der Waals surface area contributed by atoms with Crippen LogP contribution in [0.25, 0.3) is 21.3 Å². The fraction of sp³-hybridized carbons (Fsp3) is 0.259. The van der Waals surface area contributed by atoms with Gasteiger partial charge in [-0.1, -0.05) is 23.7 Å². The monoisotopic (exact) mass is 523 g/mol. The van der Waals surface area contributed by atoms with E-state index in [4.69, 9.17) is 36.5 Å². The van der Waals surface area contributed by atoms with Gasteiger partial charge in [-0.2, -0.15) is 0 Å². The number of pyridine rings is 1. The standard InChI is InChI=1S/C27H26ClN3O4S/c1-31-9-8-18-17(13-31)22(16-11-20(34-3)21(35-4)12-19(16)33-2)23-24(29)26(36-27(23)30-18)25(32)14-6-5-7-15(28)10-14/h5-7,10-12H,8-9,13,29H2,1-4H3. The first-order valence-electron chi connectivity index (χ1n) is 11.4. The van der Waals surface area contributed by atoms with Gasteiger partial charge in [-0.15, -0.1) is 11.3 Å². The molecule has 0 fully saturated rings. The summed E-state index contributed by atoms with van der Waals surface area (Å²) in [5, 5.41) is 1.23. The van der Waals surface area contributed by atoms with Gasteiger partial charge in [0, 0.05) is 58.4 Å². The van der Waals surface area contributed by atoms with Gasteiger partial charge in [-0.25, -0.2) is 4.98 Å². The van der Waals surface area contributed by atoms with E-state index in [-0.39, 0.29) is 5.78 Å². The van der Waals surface area contributed by atoms with E-state index in [0.29, 0.717) is 49.8 Å². The molecule has 0 spiro atoms. The van der Waals surface area contributed by atoms with Crippen molar-refractivity contribution in [2.24, 2.45) is 0 Å². The summed E-state index contributed by atoms with van der Waals surface area (Å²) in [4.78, 5) is 21.9. The highest BCUT2D eigenvalue weighted by Gasteiger charge is 2.29. The molecule has 0 bridgehead atoms. The van der Waals surface area contributed by atoms with E-state index in [0.717, 1.165) is 40.7 Å². The van der Waals surface area contributed by atoms with Crippen LogP contribution in [0.2, 0.25) is 5.02 Å². The summed E-state index contributed by atoms with van der Waals surface area (Å²) in [7, 11) is 6.88. The highest BCUT2D eigenvalue weighted by molar-refractivity contribution is 7.21. The number of aromatic nitrogens is 1. The van der Waals surface area contributed by atoms with E-state index in [1.807, 2.05) is 6.07 Å². The Morgan fingerprint density at radius 2 is 1.81 bits per heavy atom. The Balaban J connectivity index is 1.83. The summed E-state index contributed by atoms with van der Waals surface area (Å²) >= 11 is 7.46. The van der Waals surface area contributed by atoms with Crippen LogP contribution in [0.5, 0.6) is 17.2 Å². The number of nitrogens with two attached hydrogens (primary N) is 1. The van der Waals surface area contributed by atoms with Crippen molar-refractivity contribution in [3.63, 3.8) is 0 Å². The van der Waals surface area contributed by atoms with Crippen LogP contribution < -0.4 is 19.9 Å². The van der Waals surface area contributed by atoms with E-state index < -0.39 is 0 Å². The Morgan fingerprint density at radius 3 is 2.50 bits per heavy atom. The van der Waals surface area contributed by atoms with Gasteiger partial charge in [-0.3, -0.25) is 4.79 Å². The van der Waals surface area contributed by atoms with Crippen molar-refractivity contribution < 1.29 is 19.0 Å². The second-order valence-corrected chi connectivity index (χ2v) is 10.1. The molecule has 0 radical (unpaired) electrons. The molecule has 3 heterocycles. The van der Waals surface area contributed by atoms with Gasteiger partial charge in [-0.05, 0) is 30.8 Å². The molecule has 9 heteroatoms. The largest absolute Gasteiger partial charge is 0.496 e. The molecule has 0 atom stereocenters. The molecule has 0 unspecified atom stereocenters. The van der Waals surface area contributed by atoms with Crippen molar-refractivity contribution in [1.82, 2.24) is 9.88 Å². The topological polar surface area (TPSA) is 86.9 Å². The third-order valence-corrected chi connectivity index (χ3v) is 7.82. The second kappa shape index (κ2) is 9.61. The molecule has 1 aliphatic heterocycles. The SMILES string of the molecule is COc1cc(OC)c(-c2c3c(nc4sc(C(=O)c5cccc(Cl)c5)c(N)c24)CCN(C)C3)cc1OC. The van der Waals surface area contributed by atoms with Crippen molar-refractivity contribution in [1.29, 1.82) is 0 Å². The molecule has 0 saturated heterocycles. The first-order chi connectivity index (χ1) is 17.4. The summed E-state index contributed by atoms with van der Waals surface area (Å²) < 4.78 is 16.9. The Hall–Kier alpha value is -3.33. The van der Waals surface area contributed by atoms with Gasteiger partial charge in [0.25, 0.3) is 0 Å². The normalized spacial score (nSPS) is 13.5. The van der Waals surface area contributed by atoms with Crippen LogP contribution in [0.3, 0.4) is 0 Å². The molecule has 0 aliphatic carbocycles. The van der Waals surface area contributed by atoms with Crippen LogP contribution in [-0.4, -0.2) is 50.6 Å². The van der Waals surface area contributed by atoms with Crippen molar-refractivity contribution >= 4 is 44.6 Å². The van der Waals surface area contributed by atoms with Crippen molar-refractivity contribution in [3.8, 4) is 28.4 Å². The number of likely N-dealkylation sites (N-methyl/N-ethyl adjacent to an activating group) is 1. The molecule has 0 amide bonds. The predicted octanol–water partition coefficient (Wildman–Crippen LogP) is 5.44. The maximum absolute atomic E-state index is 13.5. The number of thiophene rings is 1. The molecule has 186 valence electrons. The van der Waals surface area contributed by atoms with Gasteiger partial charge in [0.05, 0.1) is 27.0 Å². The summed E-state index contributed by atoms with van der Waals surface area (Å²) in [6.45, 7) is 1.58. The van der Waals surface area contributed by atoms with Crippen molar-refractivity contribution in [2.45, 2.75) is 13.0 Å². The molecule has 4 aromatic rings. The van der Waals surface area contributed by atoms with E-state index in [1.165, 1.54) is 11.3 Å². The fourth-order valence-electron chi connectivity index (χ4n) is 4.71.